The van der Waals surface area contributed by atoms with Crippen molar-refractivity contribution in [3.63, 3.8) is 0 Å². The third-order valence-corrected chi connectivity index (χ3v) is 5.48. The molecule has 2 amide bonds. The molecule has 1 unspecified atom stereocenters. The Bertz CT molecular complexity index is 1120. The number of benzene rings is 2. The SMILES string of the molecule is C/C(=C1/C(=O)N(c2cc(C)cc(C)c2)c2cc(C(F)(F)F)ccc21)N(N)C(=O)CCC(C)O. The molecule has 176 valence electrons. The van der Waals surface area contributed by atoms with Gasteiger partial charge in [-0.2, -0.15) is 13.2 Å². The van der Waals surface area contributed by atoms with Crippen molar-refractivity contribution in [2.24, 2.45) is 5.84 Å². The summed E-state index contributed by atoms with van der Waals surface area (Å²) < 4.78 is 40.3. The summed E-state index contributed by atoms with van der Waals surface area (Å²) >= 11 is 0. The average Bonchev–Trinajstić information content (AvgIpc) is 3.00. The van der Waals surface area contributed by atoms with Gasteiger partial charge in [-0.05, 0) is 69.5 Å². The van der Waals surface area contributed by atoms with E-state index in [9.17, 15) is 27.9 Å². The smallest absolute Gasteiger partial charge is 0.393 e. The predicted octanol–water partition coefficient (Wildman–Crippen LogP) is 4.59. The number of carbonyl (C=O) groups excluding carboxylic acids is 2. The summed E-state index contributed by atoms with van der Waals surface area (Å²) in [5.41, 5.74) is 1.70. The molecule has 33 heavy (non-hydrogen) atoms. The first-order valence-corrected chi connectivity index (χ1v) is 10.4. The Balaban J connectivity index is 2.17. The molecular formula is C24H26F3N3O3. The molecule has 0 spiro atoms. The molecule has 1 atom stereocenters. The van der Waals surface area contributed by atoms with Crippen LogP contribution < -0.4 is 10.7 Å². The number of fused-ring (bicyclic) bond motifs is 1. The number of hydrogen-bond acceptors (Lipinski definition) is 4. The summed E-state index contributed by atoms with van der Waals surface area (Å²) in [5.74, 6) is 4.87. The van der Waals surface area contributed by atoms with Gasteiger partial charge in [-0.25, -0.2) is 5.84 Å². The number of aliphatic hydroxyl groups excluding tert-OH is 1. The molecule has 0 aromatic heterocycles. The molecule has 0 fully saturated rings. The van der Waals surface area contributed by atoms with E-state index in [1.807, 2.05) is 19.9 Å². The van der Waals surface area contributed by atoms with E-state index in [1.54, 1.807) is 12.1 Å². The van der Waals surface area contributed by atoms with E-state index >= 15 is 0 Å². The van der Waals surface area contributed by atoms with Gasteiger partial charge in [0, 0.05) is 23.4 Å². The summed E-state index contributed by atoms with van der Waals surface area (Å²) in [7, 11) is 0. The van der Waals surface area contributed by atoms with Crippen LogP contribution in [0.3, 0.4) is 0 Å². The number of amides is 2. The van der Waals surface area contributed by atoms with Crippen molar-refractivity contribution in [3.05, 3.63) is 64.3 Å². The largest absolute Gasteiger partial charge is 0.416 e. The molecular weight excluding hydrogens is 435 g/mol. The highest BCUT2D eigenvalue weighted by Crippen LogP contribution is 2.45. The van der Waals surface area contributed by atoms with Crippen LogP contribution in [-0.2, 0) is 15.8 Å². The Morgan fingerprint density at radius 2 is 1.76 bits per heavy atom. The van der Waals surface area contributed by atoms with E-state index in [0.717, 1.165) is 28.3 Å². The van der Waals surface area contributed by atoms with Crippen molar-refractivity contribution in [1.29, 1.82) is 0 Å². The number of anilines is 2. The van der Waals surface area contributed by atoms with Gasteiger partial charge in [-0.1, -0.05) is 12.1 Å². The van der Waals surface area contributed by atoms with E-state index in [-0.39, 0.29) is 35.4 Å². The fourth-order valence-electron chi connectivity index (χ4n) is 3.89. The highest BCUT2D eigenvalue weighted by molar-refractivity contribution is 6.35. The molecule has 0 radical (unpaired) electrons. The van der Waals surface area contributed by atoms with Crippen molar-refractivity contribution in [2.45, 2.75) is 52.8 Å². The van der Waals surface area contributed by atoms with Gasteiger partial charge < -0.3 is 5.11 Å². The normalized spacial score (nSPS) is 16.0. The zero-order valence-electron chi connectivity index (χ0n) is 18.8. The van der Waals surface area contributed by atoms with Crippen molar-refractivity contribution in [3.8, 4) is 0 Å². The van der Waals surface area contributed by atoms with E-state index < -0.39 is 29.7 Å². The zero-order chi connectivity index (χ0) is 24.7. The standard InChI is InChI=1S/C24H26F3N3O3/c1-13-9-14(2)11-18(10-13)29-20-12-17(24(25,26)27)6-7-19(20)22(23(29)33)16(4)30(28)21(32)8-5-15(3)31/h6-7,9-12,15,31H,5,8,28H2,1-4H3/b22-16-. The van der Waals surface area contributed by atoms with Gasteiger partial charge in [-0.3, -0.25) is 19.5 Å². The number of allylic oxidation sites excluding steroid dienone is 1. The second kappa shape index (κ2) is 8.99. The summed E-state index contributed by atoms with van der Waals surface area (Å²) in [5, 5.41) is 10.2. The molecule has 6 nitrogen and oxygen atoms in total. The van der Waals surface area contributed by atoms with E-state index in [4.69, 9.17) is 5.84 Å². The summed E-state index contributed by atoms with van der Waals surface area (Å²) in [6, 6.07) is 8.37. The van der Waals surface area contributed by atoms with Crippen LogP contribution in [0, 0.1) is 13.8 Å². The Kier molecular flexibility index (Phi) is 6.67. The van der Waals surface area contributed by atoms with Crippen molar-refractivity contribution < 1.29 is 27.9 Å². The minimum absolute atomic E-state index is 0.0470. The van der Waals surface area contributed by atoms with Crippen LogP contribution >= 0.6 is 0 Å². The van der Waals surface area contributed by atoms with Gasteiger partial charge in [0.25, 0.3) is 5.91 Å². The second-order valence-corrected chi connectivity index (χ2v) is 8.33. The van der Waals surface area contributed by atoms with Crippen LogP contribution in [0.15, 0.2) is 42.1 Å². The molecule has 2 aromatic rings. The maximum atomic E-state index is 13.5. The number of nitrogens with zero attached hydrogens (tertiary/aromatic N) is 2. The molecule has 2 aromatic carbocycles. The first kappa shape index (κ1) is 24.5. The number of halogens is 3. The van der Waals surface area contributed by atoms with Crippen LogP contribution in [0.1, 0.15) is 48.9 Å². The first-order valence-electron chi connectivity index (χ1n) is 10.4. The van der Waals surface area contributed by atoms with E-state index in [1.165, 1.54) is 24.8 Å². The molecule has 9 heteroatoms. The minimum atomic E-state index is -4.59. The third kappa shape index (κ3) is 4.94. The summed E-state index contributed by atoms with van der Waals surface area (Å²) in [6.45, 7) is 6.67. The number of aliphatic hydroxyl groups is 1. The lowest BCUT2D eigenvalue weighted by molar-refractivity contribution is -0.137. The number of hydrogen-bond donors (Lipinski definition) is 2. The predicted molar refractivity (Wildman–Crippen MR) is 119 cm³/mol. The number of nitrogens with two attached hydrogens (primary N) is 1. The molecule has 3 rings (SSSR count). The van der Waals surface area contributed by atoms with Gasteiger partial charge in [0.2, 0.25) is 5.91 Å². The maximum absolute atomic E-state index is 13.5. The first-order chi connectivity index (χ1) is 15.3. The van der Waals surface area contributed by atoms with E-state index in [2.05, 4.69) is 0 Å². The lowest BCUT2D eigenvalue weighted by atomic mass is 10.0. The maximum Gasteiger partial charge on any atom is 0.416 e. The number of hydrazine groups is 1. The molecule has 3 N–H and O–H groups in total. The summed E-state index contributed by atoms with van der Waals surface area (Å²) in [4.78, 5) is 27.2. The van der Waals surface area contributed by atoms with E-state index in [0.29, 0.717) is 5.69 Å². The quantitative estimate of drug-likeness (QED) is 0.295. The number of aryl methyl sites for hydroxylation is 2. The number of rotatable bonds is 5. The molecule has 1 aliphatic heterocycles. The lowest BCUT2D eigenvalue weighted by Crippen LogP contribution is -2.37. The van der Waals surface area contributed by atoms with Gasteiger partial charge in [0.1, 0.15) is 0 Å². The topological polar surface area (TPSA) is 86.9 Å². The Morgan fingerprint density at radius 3 is 2.30 bits per heavy atom. The summed E-state index contributed by atoms with van der Waals surface area (Å²) in [6.07, 6.45) is -5.16. The molecule has 1 aliphatic rings. The van der Waals surface area contributed by atoms with Crippen LogP contribution in [0.2, 0.25) is 0 Å². The van der Waals surface area contributed by atoms with Crippen molar-refractivity contribution in [2.75, 3.05) is 4.90 Å². The number of carbonyl (C=O) groups is 2. The van der Waals surface area contributed by atoms with Crippen LogP contribution in [-0.4, -0.2) is 28.0 Å². The highest BCUT2D eigenvalue weighted by atomic mass is 19.4. The molecule has 0 bridgehead atoms. The van der Waals surface area contributed by atoms with Gasteiger partial charge >= 0.3 is 6.18 Å². The van der Waals surface area contributed by atoms with Crippen LogP contribution in [0.5, 0.6) is 0 Å². The minimum Gasteiger partial charge on any atom is -0.393 e. The average molecular weight is 461 g/mol. The molecule has 0 saturated carbocycles. The zero-order valence-corrected chi connectivity index (χ0v) is 18.8. The fraction of sp³-hybridized carbons (Fsp3) is 0.333. The Hall–Kier alpha value is -3.17. The van der Waals surface area contributed by atoms with Gasteiger partial charge in [0.05, 0.1) is 22.9 Å². The highest BCUT2D eigenvalue weighted by Gasteiger charge is 2.39. The van der Waals surface area contributed by atoms with Crippen molar-refractivity contribution >= 4 is 28.8 Å². The molecule has 1 heterocycles. The monoisotopic (exact) mass is 461 g/mol. The van der Waals surface area contributed by atoms with Crippen molar-refractivity contribution in [1.82, 2.24) is 5.01 Å². The third-order valence-electron chi connectivity index (χ3n) is 5.48. The fourth-order valence-corrected chi connectivity index (χ4v) is 3.89. The van der Waals surface area contributed by atoms with Gasteiger partial charge in [-0.15, -0.1) is 0 Å². The van der Waals surface area contributed by atoms with Crippen LogP contribution in [0.25, 0.3) is 5.57 Å². The lowest BCUT2D eigenvalue weighted by Gasteiger charge is -2.21. The molecule has 0 saturated heterocycles. The second-order valence-electron chi connectivity index (χ2n) is 8.33. The van der Waals surface area contributed by atoms with Gasteiger partial charge in [0.15, 0.2) is 0 Å². The Morgan fingerprint density at radius 1 is 1.15 bits per heavy atom. The number of alkyl halides is 3. The molecule has 0 aliphatic carbocycles. The van der Waals surface area contributed by atoms with Crippen LogP contribution in [0.4, 0.5) is 24.5 Å². The Labute approximate surface area is 190 Å².